The van der Waals surface area contributed by atoms with Crippen molar-refractivity contribution in [2.24, 2.45) is 0 Å². The van der Waals surface area contributed by atoms with E-state index in [0.717, 1.165) is 5.56 Å². The summed E-state index contributed by atoms with van der Waals surface area (Å²) in [5.74, 6) is 0.447. The predicted molar refractivity (Wildman–Crippen MR) is 78.2 cm³/mol. The van der Waals surface area contributed by atoms with Gasteiger partial charge in [-0.3, -0.25) is 4.79 Å². The van der Waals surface area contributed by atoms with Crippen LogP contribution in [0, 0.1) is 6.92 Å². The number of aromatic hydroxyl groups is 1. The van der Waals surface area contributed by atoms with E-state index in [1.807, 2.05) is 0 Å². The van der Waals surface area contributed by atoms with E-state index in [-0.39, 0.29) is 11.7 Å². The second kappa shape index (κ2) is 5.52. The number of phenols is 1. The molecule has 2 rings (SSSR count). The molecule has 0 aliphatic heterocycles. The standard InChI is InChI=1S/C15H16N2O3/c1-9-7-10(18)3-6-14(9)17-15(19)12-5-4-11(20-2)8-13(12)16/h3-8,18H,16H2,1-2H3,(H,17,19). The molecule has 0 aliphatic carbocycles. The lowest BCUT2D eigenvalue weighted by molar-refractivity contribution is 0.102. The van der Waals surface area contributed by atoms with Crippen molar-refractivity contribution >= 4 is 17.3 Å². The number of amides is 1. The molecule has 0 aliphatic rings. The first-order valence-electron chi connectivity index (χ1n) is 6.05. The van der Waals surface area contributed by atoms with Gasteiger partial charge in [-0.1, -0.05) is 0 Å². The number of benzene rings is 2. The van der Waals surface area contributed by atoms with E-state index in [1.54, 1.807) is 37.3 Å². The van der Waals surface area contributed by atoms with E-state index in [9.17, 15) is 9.90 Å². The zero-order valence-electron chi connectivity index (χ0n) is 11.3. The first-order chi connectivity index (χ1) is 9.51. The lowest BCUT2D eigenvalue weighted by Crippen LogP contribution is -2.14. The van der Waals surface area contributed by atoms with Gasteiger partial charge in [0.25, 0.3) is 5.91 Å². The van der Waals surface area contributed by atoms with Crippen molar-refractivity contribution in [1.82, 2.24) is 0 Å². The van der Waals surface area contributed by atoms with Crippen molar-refractivity contribution in [3.05, 3.63) is 47.5 Å². The van der Waals surface area contributed by atoms with Crippen LogP contribution >= 0.6 is 0 Å². The van der Waals surface area contributed by atoms with Gasteiger partial charge in [0, 0.05) is 17.4 Å². The molecule has 0 atom stereocenters. The first kappa shape index (κ1) is 13.7. The summed E-state index contributed by atoms with van der Waals surface area (Å²) in [5.41, 5.74) is 7.95. The molecular formula is C15H16N2O3. The summed E-state index contributed by atoms with van der Waals surface area (Å²) in [5, 5.41) is 12.1. The van der Waals surface area contributed by atoms with E-state index in [4.69, 9.17) is 10.5 Å². The van der Waals surface area contributed by atoms with Crippen LogP contribution < -0.4 is 15.8 Å². The number of carbonyl (C=O) groups is 1. The largest absolute Gasteiger partial charge is 0.508 e. The van der Waals surface area contributed by atoms with Gasteiger partial charge < -0.3 is 20.9 Å². The predicted octanol–water partition coefficient (Wildman–Crippen LogP) is 2.54. The van der Waals surface area contributed by atoms with Gasteiger partial charge in [-0.15, -0.1) is 0 Å². The number of hydrogen-bond acceptors (Lipinski definition) is 4. The number of hydrogen-bond donors (Lipinski definition) is 3. The van der Waals surface area contributed by atoms with Gasteiger partial charge in [0.2, 0.25) is 0 Å². The van der Waals surface area contributed by atoms with Crippen molar-refractivity contribution in [2.75, 3.05) is 18.2 Å². The second-order valence-corrected chi connectivity index (χ2v) is 4.41. The highest BCUT2D eigenvalue weighted by Crippen LogP contribution is 2.23. The molecule has 2 aromatic rings. The van der Waals surface area contributed by atoms with Gasteiger partial charge in [0.15, 0.2) is 0 Å². The Bertz CT molecular complexity index is 654. The summed E-state index contributed by atoms with van der Waals surface area (Å²) in [6, 6.07) is 9.61. The third kappa shape index (κ3) is 2.83. The molecule has 0 unspecified atom stereocenters. The van der Waals surface area contributed by atoms with Crippen LogP contribution in [-0.2, 0) is 0 Å². The summed E-state index contributed by atoms with van der Waals surface area (Å²) < 4.78 is 5.04. The molecular weight excluding hydrogens is 256 g/mol. The van der Waals surface area contributed by atoms with E-state index in [2.05, 4.69) is 5.32 Å². The van der Waals surface area contributed by atoms with Crippen molar-refractivity contribution in [3.63, 3.8) is 0 Å². The van der Waals surface area contributed by atoms with Crippen molar-refractivity contribution in [2.45, 2.75) is 6.92 Å². The van der Waals surface area contributed by atoms with Gasteiger partial charge in [-0.2, -0.15) is 0 Å². The Morgan fingerprint density at radius 2 is 2.00 bits per heavy atom. The SMILES string of the molecule is COc1ccc(C(=O)Nc2ccc(O)cc2C)c(N)c1. The minimum Gasteiger partial charge on any atom is -0.508 e. The molecule has 4 N–H and O–H groups in total. The zero-order valence-corrected chi connectivity index (χ0v) is 11.3. The molecule has 0 fully saturated rings. The Balaban J connectivity index is 2.24. The fraction of sp³-hybridized carbons (Fsp3) is 0.133. The highest BCUT2D eigenvalue weighted by molar-refractivity contribution is 6.08. The minimum atomic E-state index is -0.307. The molecule has 0 spiro atoms. The maximum atomic E-state index is 12.2. The summed E-state index contributed by atoms with van der Waals surface area (Å²) in [4.78, 5) is 12.2. The van der Waals surface area contributed by atoms with Crippen molar-refractivity contribution in [3.8, 4) is 11.5 Å². The maximum absolute atomic E-state index is 12.2. The molecule has 5 heteroatoms. The highest BCUT2D eigenvalue weighted by Gasteiger charge is 2.12. The summed E-state index contributed by atoms with van der Waals surface area (Å²) >= 11 is 0. The third-order valence-electron chi connectivity index (χ3n) is 2.96. The van der Waals surface area contributed by atoms with Gasteiger partial charge in [0.05, 0.1) is 12.7 Å². The first-order valence-corrected chi connectivity index (χ1v) is 6.05. The lowest BCUT2D eigenvalue weighted by atomic mass is 10.1. The number of ether oxygens (including phenoxy) is 1. The van der Waals surface area contributed by atoms with E-state index >= 15 is 0 Å². The average Bonchev–Trinajstić information content (AvgIpc) is 2.41. The van der Waals surface area contributed by atoms with E-state index < -0.39 is 0 Å². The molecule has 0 saturated carbocycles. The Kier molecular flexibility index (Phi) is 3.79. The molecule has 104 valence electrons. The Hall–Kier alpha value is -2.69. The van der Waals surface area contributed by atoms with Crippen LogP contribution in [0.5, 0.6) is 11.5 Å². The Morgan fingerprint density at radius 3 is 2.60 bits per heavy atom. The fourth-order valence-corrected chi connectivity index (χ4v) is 1.85. The highest BCUT2D eigenvalue weighted by atomic mass is 16.5. The monoisotopic (exact) mass is 272 g/mol. The summed E-state index contributed by atoms with van der Waals surface area (Å²) in [6.07, 6.45) is 0. The number of phenolic OH excluding ortho intramolecular Hbond substituents is 1. The number of anilines is 2. The number of aryl methyl sites for hydroxylation is 1. The molecule has 0 heterocycles. The van der Waals surface area contributed by atoms with Gasteiger partial charge in [0.1, 0.15) is 11.5 Å². The van der Waals surface area contributed by atoms with Gasteiger partial charge >= 0.3 is 0 Å². The number of methoxy groups -OCH3 is 1. The number of nitrogens with two attached hydrogens (primary N) is 1. The molecule has 0 saturated heterocycles. The normalized spacial score (nSPS) is 10.1. The fourth-order valence-electron chi connectivity index (χ4n) is 1.85. The molecule has 0 bridgehead atoms. The molecule has 0 radical (unpaired) electrons. The Morgan fingerprint density at radius 1 is 1.25 bits per heavy atom. The van der Waals surface area contributed by atoms with Crippen LogP contribution in [0.15, 0.2) is 36.4 Å². The lowest BCUT2D eigenvalue weighted by Gasteiger charge is -2.11. The van der Waals surface area contributed by atoms with Crippen LogP contribution in [0.4, 0.5) is 11.4 Å². The van der Waals surface area contributed by atoms with Crippen molar-refractivity contribution in [1.29, 1.82) is 0 Å². The molecule has 5 nitrogen and oxygen atoms in total. The Labute approximate surface area is 117 Å². The van der Waals surface area contributed by atoms with E-state index in [1.165, 1.54) is 13.2 Å². The average molecular weight is 272 g/mol. The zero-order chi connectivity index (χ0) is 14.7. The molecule has 0 aromatic heterocycles. The summed E-state index contributed by atoms with van der Waals surface area (Å²) in [7, 11) is 1.54. The quantitative estimate of drug-likeness (QED) is 0.592. The molecule has 2 aromatic carbocycles. The van der Waals surface area contributed by atoms with E-state index in [0.29, 0.717) is 22.7 Å². The minimum absolute atomic E-state index is 0.157. The van der Waals surface area contributed by atoms with Gasteiger partial charge in [-0.05, 0) is 42.8 Å². The third-order valence-corrected chi connectivity index (χ3v) is 2.96. The smallest absolute Gasteiger partial charge is 0.257 e. The maximum Gasteiger partial charge on any atom is 0.257 e. The van der Waals surface area contributed by atoms with Gasteiger partial charge in [-0.25, -0.2) is 0 Å². The number of rotatable bonds is 3. The van der Waals surface area contributed by atoms with Crippen LogP contribution in [0.2, 0.25) is 0 Å². The van der Waals surface area contributed by atoms with Crippen LogP contribution in [-0.4, -0.2) is 18.1 Å². The topological polar surface area (TPSA) is 84.6 Å². The number of carbonyl (C=O) groups excluding carboxylic acids is 1. The van der Waals surface area contributed by atoms with Crippen molar-refractivity contribution < 1.29 is 14.6 Å². The summed E-state index contributed by atoms with van der Waals surface area (Å²) in [6.45, 7) is 1.80. The second-order valence-electron chi connectivity index (χ2n) is 4.41. The molecule has 1 amide bonds. The molecule has 20 heavy (non-hydrogen) atoms. The number of nitrogen functional groups attached to an aromatic ring is 1. The van der Waals surface area contributed by atoms with Crippen LogP contribution in [0.1, 0.15) is 15.9 Å². The van der Waals surface area contributed by atoms with Crippen LogP contribution in [0.3, 0.4) is 0 Å². The van der Waals surface area contributed by atoms with Crippen LogP contribution in [0.25, 0.3) is 0 Å². The number of nitrogens with one attached hydrogen (secondary N) is 1.